The number of hydrogen-bond donors (Lipinski definition) is 2. The molecule has 0 aromatic carbocycles. The van der Waals surface area contributed by atoms with Crippen LogP contribution in [-0.4, -0.2) is 6.54 Å². The summed E-state index contributed by atoms with van der Waals surface area (Å²) >= 11 is 5.01. The van der Waals surface area contributed by atoms with Gasteiger partial charge in [0.1, 0.15) is 0 Å². The Hall–Kier alpha value is 0.100. The topological polar surface area (TPSA) is 52.0 Å². The van der Waals surface area contributed by atoms with Crippen molar-refractivity contribution in [2.45, 2.75) is 6.04 Å². The van der Waals surface area contributed by atoms with E-state index in [9.17, 15) is 0 Å². The van der Waals surface area contributed by atoms with Gasteiger partial charge in [-0.25, -0.2) is 0 Å². The van der Waals surface area contributed by atoms with Crippen molar-refractivity contribution >= 4 is 27.3 Å². The van der Waals surface area contributed by atoms with Crippen LogP contribution < -0.4 is 11.5 Å². The summed E-state index contributed by atoms with van der Waals surface area (Å²) in [5.41, 5.74) is 11.1. The second kappa shape index (κ2) is 3.48. The van der Waals surface area contributed by atoms with Gasteiger partial charge in [-0.05, 0) is 27.4 Å². The molecule has 1 rings (SSSR count). The lowest BCUT2D eigenvalue weighted by molar-refractivity contribution is 0.749. The molecule has 0 aliphatic heterocycles. The highest BCUT2D eigenvalue weighted by atomic mass is 79.9. The second-order valence-corrected chi connectivity index (χ2v) is 3.78. The normalized spacial score (nSPS) is 13.5. The van der Waals surface area contributed by atoms with E-state index in [1.807, 2.05) is 11.4 Å². The first-order valence-electron chi connectivity index (χ1n) is 2.94. The Morgan fingerprint density at radius 2 is 2.40 bits per heavy atom. The second-order valence-electron chi connectivity index (χ2n) is 1.97. The smallest absolute Gasteiger partial charge is 0.0525 e. The number of thiophene rings is 1. The van der Waals surface area contributed by atoms with Gasteiger partial charge in [0.05, 0.1) is 6.04 Å². The molecular formula is C6H9BrN2S. The Labute approximate surface area is 72.3 Å². The average Bonchev–Trinajstić information content (AvgIpc) is 2.34. The van der Waals surface area contributed by atoms with Crippen LogP contribution in [0.4, 0.5) is 0 Å². The maximum absolute atomic E-state index is 5.69. The van der Waals surface area contributed by atoms with Crippen LogP contribution in [0.2, 0.25) is 0 Å². The summed E-state index contributed by atoms with van der Waals surface area (Å²) in [4.78, 5) is 1.13. The first kappa shape index (κ1) is 8.20. The first-order chi connectivity index (χ1) is 4.75. The van der Waals surface area contributed by atoms with Crippen LogP contribution in [0.15, 0.2) is 15.9 Å². The minimum Gasteiger partial charge on any atom is -0.329 e. The summed E-state index contributed by atoms with van der Waals surface area (Å²) in [5.74, 6) is 0. The van der Waals surface area contributed by atoms with Crippen molar-refractivity contribution in [2.24, 2.45) is 11.5 Å². The summed E-state index contributed by atoms with van der Waals surface area (Å²) in [6, 6.07) is 1.96. The third-order valence-electron chi connectivity index (χ3n) is 1.24. The fourth-order valence-electron chi connectivity index (χ4n) is 0.677. The minimum absolute atomic E-state index is 0.0191. The van der Waals surface area contributed by atoms with Crippen LogP contribution in [0.5, 0.6) is 0 Å². The largest absolute Gasteiger partial charge is 0.329 e. The van der Waals surface area contributed by atoms with E-state index in [2.05, 4.69) is 15.9 Å². The third kappa shape index (κ3) is 1.58. The molecular weight excluding hydrogens is 212 g/mol. The predicted octanol–water partition coefficient (Wildman–Crippen LogP) is 1.47. The molecule has 0 saturated carbocycles. The van der Waals surface area contributed by atoms with Gasteiger partial charge in [0.15, 0.2) is 0 Å². The molecule has 0 amide bonds. The van der Waals surface area contributed by atoms with E-state index >= 15 is 0 Å². The lowest BCUT2D eigenvalue weighted by Crippen LogP contribution is -2.19. The molecule has 1 aromatic heterocycles. The standard InChI is InChI=1S/C6H9BrN2S/c7-4-1-2-10-6(4)5(9)3-8/h1-2,5H,3,8-9H2. The molecule has 0 spiro atoms. The van der Waals surface area contributed by atoms with Gasteiger partial charge < -0.3 is 11.5 Å². The lowest BCUT2D eigenvalue weighted by atomic mass is 10.3. The molecule has 0 saturated heterocycles. The van der Waals surface area contributed by atoms with Crippen molar-refractivity contribution in [1.29, 1.82) is 0 Å². The maximum atomic E-state index is 5.69. The Morgan fingerprint density at radius 3 is 2.80 bits per heavy atom. The summed E-state index contributed by atoms with van der Waals surface area (Å²) in [6.45, 7) is 0.499. The van der Waals surface area contributed by atoms with Crippen molar-refractivity contribution in [3.05, 3.63) is 20.8 Å². The zero-order valence-electron chi connectivity index (χ0n) is 5.38. The Morgan fingerprint density at radius 1 is 1.70 bits per heavy atom. The van der Waals surface area contributed by atoms with E-state index in [0.29, 0.717) is 6.54 Å². The highest BCUT2D eigenvalue weighted by molar-refractivity contribution is 9.10. The van der Waals surface area contributed by atoms with Gasteiger partial charge in [-0.3, -0.25) is 0 Å². The van der Waals surface area contributed by atoms with Gasteiger partial charge in [0, 0.05) is 15.9 Å². The molecule has 0 aliphatic carbocycles. The number of hydrogen-bond acceptors (Lipinski definition) is 3. The molecule has 0 aliphatic rings. The monoisotopic (exact) mass is 220 g/mol. The molecule has 4 N–H and O–H groups in total. The SMILES string of the molecule is NCC(N)c1sccc1Br. The minimum atomic E-state index is -0.0191. The summed E-state index contributed by atoms with van der Waals surface area (Å²) in [7, 11) is 0. The molecule has 1 atom stereocenters. The Kier molecular flexibility index (Phi) is 2.85. The Bertz CT molecular complexity index is 211. The van der Waals surface area contributed by atoms with Crippen LogP contribution in [0.1, 0.15) is 10.9 Å². The fraction of sp³-hybridized carbons (Fsp3) is 0.333. The van der Waals surface area contributed by atoms with Crippen LogP contribution in [0.3, 0.4) is 0 Å². The van der Waals surface area contributed by atoms with Gasteiger partial charge >= 0.3 is 0 Å². The molecule has 0 bridgehead atoms. The van der Waals surface area contributed by atoms with Gasteiger partial charge in [-0.2, -0.15) is 0 Å². The predicted molar refractivity (Wildman–Crippen MR) is 48.0 cm³/mol. The molecule has 1 heterocycles. The van der Waals surface area contributed by atoms with Crippen molar-refractivity contribution < 1.29 is 0 Å². The van der Waals surface area contributed by atoms with Gasteiger partial charge in [0.25, 0.3) is 0 Å². The van der Waals surface area contributed by atoms with E-state index in [0.717, 1.165) is 9.35 Å². The number of nitrogens with two attached hydrogens (primary N) is 2. The van der Waals surface area contributed by atoms with Crippen LogP contribution in [0, 0.1) is 0 Å². The van der Waals surface area contributed by atoms with Crippen molar-refractivity contribution in [1.82, 2.24) is 0 Å². The molecule has 0 fully saturated rings. The zero-order chi connectivity index (χ0) is 7.56. The molecule has 56 valence electrons. The van der Waals surface area contributed by atoms with Crippen molar-refractivity contribution in [3.8, 4) is 0 Å². The third-order valence-corrected chi connectivity index (χ3v) is 3.24. The van der Waals surface area contributed by atoms with Gasteiger partial charge in [0.2, 0.25) is 0 Å². The lowest BCUT2D eigenvalue weighted by Gasteiger charge is -2.05. The molecule has 10 heavy (non-hydrogen) atoms. The van der Waals surface area contributed by atoms with Crippen LogP contribution >= 0.6 is 27.3 Å². The Balaban J connectivity index is 2.82. The highest BCUT2D eigenvalue weighted by Crippen LogP contribution is 2.26. The summed E-state index contributed by atoms with van der Waals surface area (Å²) in [6.07, 6.45) is 0. The molecule has 1 unspecified atom stereocenters. The van der Waals surface area contributed by atoms with E-state index in [-0.39, 0.29) is 6.04 Å². The fourth-order valence-corrected chi connectivity index (χ4v) is 2.36. The van der Waals surface area contributed by atoms with Crippen molar-refractivity contribution in [3.63, 3.8) is 0 Å². The number of rotatable bonds is 2. The van der Waals surface area contributed by atoms with Crippen LogP contribution in [-0.2, 0) is 0 Å². The highest BCUT2D eigenvalue weighted by Gasteiger charge is 2.07. The van der Waals surface area contributed by atoms with E-state index in [4.69, 9.17) is 11.5 Å². The van der Waals surface area contributed by atoms with E-state index in [1.54, 1.807) is 11.3 Å². The van der Waals surface area contributed by atoms with E-state index < -0.39 is 0 Å². The molecule has 1 aromatic rings. The first-order valence-corrected chi connectivity index (χ1v) is 4.61. The van der Waals surface area contributed by atoms with Crippen molar-refractivity contribution in [2.75, 3.05) is 6.54 Å². The quantitative estimate of drug-likeness (QED) is 0.794. The zero-order valence-corrected chi connectivity index (χ0v) is 7.78. The summed E-state index contributed by atoms with van der Waals surface area (Å²) < 4.78 is 1.07. The summed E-state index contributed by atoms with van der Waals surface area (Å²) in [5, 5.41) is 1.99. The van der Waals surface area contributed by atoms with Gasteiger partial charge in [-0.15, -0.1) is 11.3 Å². The molecule has 0 radical (unpaired) electrons. The molecule has 4 heteroatoms. The van der Waals surface area contributed by atoms with E-state index in [1.165, 1.54) is 0 Å². The molecule has 2 nitrogen and oxygen atoms in total. The maximum Gasteiger partial charge on any atom is 0.0525 e. The number of halogens is 1. The van der Waals surface area contributed by atoms with Gasteiger partial charge in [-0.1, -0.05) is 0 Å². The average molecular weight is 221 g/mol. The van der Waals surface area contributed by atoms with Crippen LogP contribution in [0.25, 0.3) is 0 Å².